The van der Waals surface area contributed by atoms with Gasteiger partial charge in [-0.25, -0.2) is 8.42 Å². The van der Waals surface area contributed by atoms with Crippen LogP contribution in [0.1, 0.15) is 30.4 Å². The van der Waals surface area contributed by atoms with Gasteiger partial charge >= 0.3 is 0 Å². The Balaban J connectivity index is 1.57. The quantitative estimate of drug-likeness (QED) is 0.597. The molecule has 0 bridgehead atoms. The highest BCUT2D eigenvalue weighted by molar-refractivity contribution is 7.89. The third-order valence-electron chi connectivity index (χ3n) is 5.36. The van der Waals surface area contributed by atoms with Crippen LogP contribution in [-0.4, -0.2) is 31.1 Å². The predicted molar refractivity (Wildman–Crippen MR) is 104 cm³/mol. The largest absolute Gasteiger partial charge is 0.294 e. The molecular formula is C20H19ClN2O4S. The Morgan fingerprint density at radius 2 is 1.75 bits per heavy atom. The highest BCUT2D eigenvalue weighted by Gasteiger charge is 2.62. The number of rotatable bonds is 5. The number of nitrogens with zero attached hydrogens (tertiary/aromatic N) is 1. The third kappa shape index (κ3) is 2.94. The molecule has 8 heteroatoms. The molecule has 2 amide bonds. The predicted octanol–water partition coefficient (Wildman–Crippen LogP) is 2.61. The molecule has 2 aliphatic heterocycles. The summed E-state index contributed by atoms with van der Waals surface area (Å²) in [6.07, 6.45) is 1.91. The fourth-order valence-corrected chi connectivity index (χ4v) is 6.20. The lowest BCUT2D eigenvalue weighted by molar-refractivity contribution is -0.128. The summed E-state index contributed by atoms with van der Waals surface area (Å²) in [6.45, 7) is 0.172. The molecule has 1 spiro atoms. The van der Waals surface area contributed by atoms with Gasteiger partial charge in [-0.3, -0.25) is 14.9 Å². The lowest BCUT2D eigenvalue weighted by Gasteiger charge is -2.30. The number of nitrogens with one attached hydrogen (secondary N) is 1. The number of hydrogen-bond acceptors (Lipinski definition) is 4. The number of carbonyl (C=O) groups excluding carboxylic acids is 2. The SMILES string of the molecule is O=C1CC2(C(=O)N1)c1ccccc1S(=O)(=O)N2CCCCc1ccc(Cl)cc1. The summed E-state index contributed by atoms with van der Waals surface area (Å²) >= 11 is 5.89. The van der Waals surface area contributed by atoms with E-state index in [1.54, 1.807) is 18.2 Å². The van der Waals surface area contributed by atoms with Crippen LogP contribution in [0.25, 0.3) is 0 Å². The van der Waals surface area contributed by atoms with E-state index in [1.807, 2.05) is 24.3 Å². The number of aryl methyl sites for hydroxylation is 1. The molecule has 6 nitrogen and oxygen atoms in total. The van der Waals surface area contributed by atoms with E-state index in [0.717, 1.165) is 18.4 Å². The summed E-state index contributed by atoms with van der Waals surface area (Å²) in [5.41, 5.74) is 0.0313. The summed E-state index contributed by atoms with van der Waals surface area (Å²) in [5, 5.41) is 2.95. The van der Waals surface area contributed by atoms with Crippen molar-refractivity contribution in [1.82, 2.24) is 9.62 Å². The maximum atomic E-state index is 13.1. The second-order valence-corrected chi connectivity index (χ2v) is 9.34. The number of amides is 2. The number of sulfonamides is 1. The summed E-state index contributed by atoms with van der Waals surface area (Å²) in [7, 11) is -3.84. The van der Waals surface area contributed by atoms with Crippen molar-refractivity contribution in [2.75, 3.05) is 6.54 Å². The Hall–Kier alpha value is -2.22. The maximum Gasteiger partial charge on any atom is 0.253 e. The molecule has 146 valence electrons. The van der Waals surface area contributed by atoms with E-state index in [1.165, 1.54) is 10.4 Å². The van der Waals surface area contributed by atoms with Crippen LogP contribution in [0.4, 0.5) is 0 Å². The highest BCUT2D eigenvalue weighted by atomic mass is 35.5. The zero-order valence-corrected chi connectivity index (χ0v) is 16.6. The van der Waals surface area contributed by atoms with E-state index >= 15 is 0 Å². The van der Waals surface area contributed by atoms with E-state index in [2.05, 4.69) is 5.32 Å². The number of fused-ring (bicyclic) bond motifs is 2. The third-order valence-corrected chi connectivity index (χ3v) is 7.60. The van der Waals surface area contributed by atoms with Gasteiger partial charge in [-0.1, -0.05) is 41.9 Å². The molecule has 1 fully saturated rings. The number of carbonyl (C=O) groups is 2. The highest BCUT2D eigenvalue weighted by Crippen LogP contribution is 2.48. The summed E-state index contributed by atoms with van der Waals surface area (Å²) in [5.74, 6) is -1.02. The summed E-state index contributed by atoms with van der Waals surface area (Å²) in [4.78, 5) is 24.8. The van der Waals surface area contributed by atoms with Crippen molar-refractivity contribution in [1.29, 1.82) is 0 Å². The molecule has 1 atom stereocenters. The number of unbranched alkanes of at least 4 members (excludes halogenated alkanes) is 1. The minimum Gasteiger partial charge on any atom is -0.294 e. The van der Waals surface area contributed by atoms with Crippen molar-refractivity contribution >= 4 is 33.4 Å². The van der Waals surface area contributed by atoms with Gasteiger partial charge in [0.15, 0.2) is 0 Å². The first-order valence-corrected chi connectivity index (χ1v) is 10.9. The zero-order chi connectivity index (χ0) is 19.9. The van der Waals surface area contributed by atoms with Crippen LogP contribution < -0.4 is 5.32 Å². The van der Waals surface area contributed by atoms with E-state index < -0.39 is 27.4 Å². The molecule has 2 aromatic carbocycles. The van der Waals surface area contributed by atoms with Gasteiger partial charge in [0, 0.05) is 17.1 Å². The van der Waals surface area contributed by atoms with Crippen LogP contribution in [0.3, 0.4) is 0 Å². The molecule has 0 radical (unpaired) electrons. The number of benzene rings is 2. The van der Waals surface area contributed by atoms with Crippen molar-refractivity contribution < 1.29 is 18.0 Å². The molecule has 28 heavy (non-hydrogen) atoms. The molecule has 1 saturated heterocycles. The van der Waals surface area contributed by atoms with Crippen LogP contribution in [0.5, 0.6) is 0 Å². The first-order chi connectivity index (χ1) is 13.4. The van der Waals surface area contributed by atoms with Crippen LogP contribution in [-0.2, 0) is 31.6 Å². The van der Waals surface area contributed by atoms with Crippen LogP contribution in [0.2, 0.25) is 5.02 Å². The second-order valence-electron chi connectivity index (χ2n) is 7.07. The minimum atomic E-state index is -3.84. The molecule has 2 aromatic rings. The molecular weight excluding hydrogens is 400 g/mol. The van der Waals surface area contributed by atoms with Gasteiger partial charge in [-0.15, -0.1) is 0 Å². The monoisotopic (exact) mass is 418 g/mol. The summed E-state index contributed by atoms with van der Waals surface area (Å²) in [6, 6.07) is 14.0. The fourth-order valence-electron chi connectivity index (χ4n) is 4.04. The fraction of sp³-hybridized carbons (Fsp3) is 0.300. The average molecular weight is 419 g/mol. The zero-order valence-electron chi connectivity index (χ0n) is 15.0. The molecule has 0 aliphatic carbocycles. The lowest BCUT2D eigenvalue weighted by Crippen LogP contribution is -2.49. The molecule has 1 unspecified atom stereocenters. The second kappa shape index (κ2) is 6.99. The van der Waals surface area contributed by atoms with Crippen molar-refractivity contribution in [3.63, 3.8) is 0 Å². The topological polar surface area (TPSA) is 83.5 Å². The number of halogens is 1. The Bertz CT molecular complexity index is 1050. The Labute approximate surface area is 168 Å². The van der Waals surface area contributed by atoms with Crippen molar-refractivity contribution in [3.8, 4) is 0 Å². The lowest BCUT2D eigenvalue weighted by atomic mass is 9.88. The molecule has 0 saturated carbocycles. The maximum absolute atomic E-state index is 13.1. The van der Waals surface area contributed by atoms with Gasteiger partial charge in [-0.05, 0) is 43.0 Å². The Morgan fingerprint density at radius 1 is 1.04 bits per heavy atom. The van der Waals surface area contributed by atoms with Crippen molar-refractivity contribution in [3.05, 3.63) is 64.7 Å². The first-order valence-electron chi connectivity index (χ1n) is 9.07. The van der Waals surface area contributed by atoms with Gasteiger partial charge in [-0.2, -0.15) is 4.31 Å². The van der Waals surface area contributed by atoms with E-state index in [4.69, 9.17) is 11.6 Å². The standard InChI is InChI=1S/C20H19ClN2O4S/c21-15-10-8-14(9-11-15)5-3-4-12-23-20(13-18(24)22-19(20)25)16-6-1-2-7-17(16)28(23,26)27/h1-2,6-11H,3-5,12-13H2,(H,22,24,25). The van der Waals surface area contributed by atoms with Crippen LogP contribution in [0, 0.1) is 0 Å². The Kier molecular flexibility index (Phi) is 4.77. The van der Waals surface area contributed by atoms with Crippen LogP contribution >= 0.6 is 11.6 Å². The molecule has 1 N–H and O–H groups in total. The first kappa shape index (κ1) is 19.1. The van der Waals surface area contributed by atoms with Crippen molar-refractivity contribution in [2.45, 2.75) is 36.1 Å². The van der Waals surface area contributed by atoms with Crippen LogP contribution in [0.15, 0.2) is 53.4 Å². The number of hydrogen-bond donors (Lipinski definition) is 1. The van der Waals surface area contributed by atoms with Gasteiger partial charge in [0.05, 0.1) is 11.3 Å². The normalized spacial score (nSPS) is 23.2. The van der Waals surface area contributed by atoms with Gasteiger partial charge < -0.3 is 0 Å². The van der Waals surface area contributed by atoms with E-state index in [0.29, 0.717) is 17.0 Å². The number of imide groups is 1. The molecule has 2 heterocycles. The average Bonchev–Trinajstić information content (AvgIpc) is 3.06. The van der Waals surface area contributed by atoms with E-state index in [-0.39, 0.29) is 17.9 Å². The molecule has 0 aromatic heterocycles. The summed E-state index contributed by atoms with van der Waals surface area (Å²) < 4.78 is 27.5. The Morgan fingerprint density at radius 3 is 2.43 bits per heavy atom. The minimum absolute atomic E-state index is 0.109. The van der Waals surface area contributed by atoms with Gasteiger partial charge in [0.25, 0.3) is 5.91 Å². The molecule has 2 aliphatic rings. The smallest absolute Gasteiger partial charge is 0.253 e. The molecule has 4 rings (SSSR count). The van der Waals surface area contributed by atoms with Gasteiger partial charge in [0.2, 0.25) is 15.9 Å². The van der Waals surface area contributed by atoms with Gasteiger partial charge in [0.1, 0.15) is 5.54 Å². The van der Waals surface area contributed by atoms with Crippen molar-refractivity contribution in [2.24, 2.45) is 0 Å². The van der Waals surface area contributed by atoms with E-state index in [9.17, 15) is 18.0 Å².